The van der Waals surface area contributed by atoms with Crippen LogP contribution < -0.4 is 11.1 Å². The Morgan fingerprint density at radius 1 is 1.13 bits per heavy atom. The summed E-state index contributed by atoms with van der Waals surface area (Å²) >= 11 is 1.41. The minimum absolute atomic E-state index is 0.279. The van der Waals surface area contributed by atoms with Crippen LogP contribution in [0.25, 0.3) is 21.5 Å². The summed E-state index contributed by atoms with van der Waals surface area (Å²) < 4.78 is 37.9. The van der Waals surface area contributed by atoms with Gasteiger partial charge in [-0.15, -0.1) is 10.2 Å². The van der Waals surface area contributed by atoms with Crippen LogP contribution >= 0.6 is 11.3 Å². The van der Waals surface area contributed by atoms with Crippen molar-refractivity contribution in [2.45, 2.75) is 25.6 Å². The van der Waals surface area contributed by atoms with Gasteiger partial charge in [0.2, 0.25) is 5.13 Å². The third-order valence-corrected chi connectivity index (χ3v) is 5.65. The SMILES string of the molecule is Cc1n[nH]c2ccc(-c3nnc(NC[C@H](N)Cc4ccc(C(F)(F)F)cc4)s3)cc12. The van der Waals surface area contributed by atoms with Gasteiger partial charge in [0.05, 0.1) is 16.8 Å². The van der Waals surface area contributed by atoms with Crippen molar-refractivity contribution in [1.82, 2.24) is 20.4 Å². The number of halogens is 3. The fraction of sp³-hybridized carbons (Fsp3) is 0.250. The average Bonchev–Trinajstić information content (AvgIpc) is 3.33. The molecule has 0 unspecified atom stereocenters. The first kappa shape index (κ1) is 20.3. The lowest BCUT2D eigenvalue weighted by Crippen LogP contribution is -2.31. The second-order valence-electron chi connectivity index (χ2n) is 7.02. The zero-order chi connectivity index (χ0) is 21.3. The van der Waals surface area contributed by atoms with Crippen LogP contribution in [0.3, 0.4) is 0 Å². The molecule has 1 atom stereocenters. The highest BCUT2D eigenvalue weighted by Crippen LogP contribution is 2.30. The number of fused-ring (bicyclic) bond motifs is 1. The van der Waals surface area contributed by atoms with E-state index in [4.69, 9.17) is 5.73 Å². The number of H-pyrrole nitrogens is 1. The molecule has 4 rings (SSSR count). The Hall–Kier alpha value is -2.98. The van der Waals surface area contributed by atoms with Crippen LogP contribution in [-0.4, -0.2) is 33.0 Å². The Balaban J connectivity index is 1.36. The van der Waals surface area contributed by atoms with E-state index in [0.717, 1.165) is 44.9 Å². The standard InChI is InChI=1S/C20H19F3N6S/c1-11-16-9-13(4-7-17(16)27-26-11)18-28-29-19(30-18)25-10-15(24)8-12-2-5-14(6-3-12)20(21,22)23/h2-7,9,15H,8,10,24H2,1H3,(H,25,29)(H,26,27)/t15-/m1/s1. The molecule has 0 radical (unpaired) electrons. The van der Waals surface area contributed by atoms with Gasteiger partial charge in [-0.1, -0.05) is 23.5 Å². The number of nitrogens with two attached hydrogens (primary N) is 1. The van der Waals surface area contributed by atoms with Crippen LogP contribution in [0.5, 0.6) is 0 Å². The summed E-state index contributed by atoms with van der Waals surface area (Å²) in [5.41, 5.74) is 9.05. The minimum Gasteiger partial charge on any atom is -0.359 e. The maximum absolute atomic E-state index is 12.6. The van der Waals surface area contributed by atoms with Gasteiger partial charge in [-0.3, -0.25) is 5.10 Å². The molecule has 2 aromatic heterocycles. The van der Waals surface area contributed by atoms with Crippen molar-refractivity contribution in [1.29, 1.82) is 0 Å². The Morgan fingerprint density at radius 2 is 1.90 bits per heavy atom. The van der Waals surface area contributed by atoms with E-state index in [-0.39, 0.29) is 6.04 Å². The van der Waals surface area contributed by atoms with E-state index in [9.17, 15) is 13.2 Å². The summed E-state index contributed by atoms with van der Waals surface area (Å²) in [6.07, 6.45) is -3.88. The van der Waals surface area contributed by atoms with Gasteiger partial charge >= 0.3 is 6.18 Å². The minimum atomic E-state index is -4.33. The van der Waals surface area contributed by atoms with Gasteiger partial charge in [-0.05, 0) is 49.2 Å². The van der Waals surface area contributed by atoms with Gasteiger partial charge in [0.25, 0.3) is 0 Å². The van der Waals surface area contributed by atoms with Crippen LogP contribution in [-0.2, 0) is 12.6 Å². The monoisotopic (exact) mass is 432 g/mol. The normalized spacial score (nSPS) is 13.0. The molecule has 30 heavy (non-hydrogen) atoms. The average molecular weight is 432 g/mol. The number of nitrogens with zero attached hydrogens (tertiary/aromatic N) is 3. The number of hydrogen-bond donors (Lipinski definition) is 3. The number of nitrogens with one attached hydrogen (secondary N) is 2. The molecular weight excluding hydrogens is 413 g/mol. The number of aryl methyl sites for hydroxylation is 1. The van der Waals surface area contributed by atoms with E-state index < -0.39 is 11.7 Å². The lowest BCUT2D eigenvalue weighted by Gasteiger charge is -2.13. The second-order valence-corrected chi connectivity index (χ2v) is 8.00. The Bertz CT molecular complexity index is 1150. The highest BCUT2D eigenvalue weighted by atomic mass is 32.1. The molecule has 0 aliphatic carbocycles. The number of benzene rings is 2. The summed E-state index contributed by atoms with van der Waals surface area (Å²) in [6.45, 7) is 2.36. The van der Waals surface area contributed by atoms with Crippen molar-refractivity contribution in [3.05, 3.63) is 59.3 Å². The lowest BCUT2D eigenvalue weighted by atomic mass is 10.0. The summed E-state index contributed by atoms with van der Waals surface area (Å²) in [6, 6.07) is 10.7. The summed E-state index contributed by atoms with van der Waals surface area (Å²) in [7, 11) is 0. The van der Waals surface area contributed by atoms with Gasteiger partial charge in [0.15, 0.2) is 0 Å². The molecule has 0 fully saturated rings. The first-order valence-electron chi connectivity index (χ1n) is 9.24. The van der Waals surface area contributed by atoms with Crippen LogP contribution in [0.15, 0.2) is 42.5 Å². The Kier molecular flexibility index (Phi) is 5.44. The molecule has 0 amide bonds. The molecule has 156 valence electrons. The van der Waals surface area contributed by atoms with Gasteiger partial charge in [-0.25, -0.2) is 0 Å². The van der Waals surface area contributed by atoms with Crippen molar-refractivity contribution in [2.75, 3.05) is 11.9 Å². The maximum atomic E-state index is 12.6. The topological polar surface area (TPSA) is 92.5 Å². The van der Waals surface area contributed by atoms with Gasteiger partial charge in [-0.2, -0.15) is 18.3 Å². The molecule has 6 nitrogen and oxygen atoms in total. The van der Waals surface area contributed by atoms with Gasteiger partial charge in [0.1, 0.15) is 5.01 Å². The first-order chi connectivity index (χ1) is 14.3. The molecule has 0 aliphatic heterocycles. The summed E-state index contributed by atoms with van der Waals surface area (Å²) in [5, 5.41) is 21.2. The number of anilines is 1. The van der Waals surface area contributed by atoms with Crippen molar-refractivity contribution in [3.63, 3.8) is 0 Å². The van der Waals surface area contributed by atoms with Crippen molar-refractivity contribution in [3.8, 4) is 10.6 Å². The van der Waals surface area contributed by atoms with Crippen LogP contribution in [0.4, 0.5) is 18.3 Å². The second kappa shape index (κ2) is 8.04. The zero-order valence-electron chi connectivity index (χ0n) is 16.0. The predicted octanol–water partition coefficient (Wildman–Crippen LogP) is 4.39. The zero-order valence-corrected chi connectivity index (χ0v) is 16.8. The first-order valence-corrected chi connectivity index (χ1v) is 10.1. The fourth-order valence-corrected chi connectivity index (χ4v) is 3.86. The van der Waals surface area contributed by atoms with E-state index in [0.29, 0.717) is 18.1 Å². The number of rotatable bonds is 6. The van der Waals surface area contributed by atoms with Crippen LogP contribution in [0, 0.1) is 6.92 Å². The molecule has 0 saturated heterocycles. The fourth-order valence-electron chi connectivity index (χ4n) is 3.11. The smallest absolute Gasteiger partial charge is 0.359 e. The molecular formula is C20H19F3N6S. The molecule has 0 saturated carbocycles. The van der Waals surface area contributed by atoms with Gasteiger partial charge in [0, 0.05) is 23.5 Å². The van der Waals surface area contributed by atoms with E-state index in [1.807, 2.05) is 25.1 Å². The Labute approximate surface area is 174 Å². The predicted molar refractivity (Wildman–Crippen MR) is 111 cm³/mol. The van der Waals surface area contributed by atoms with E-state index in [1.165, 1.54) is 23.5 Å². The molecule has 0 aliphatic rings. The van der Waals surface area contributed by atoms with Gasteiger partial charge < -0.3 is 11.1 Å². The Morgan fingerprint density at radius 3 is 2.63 bits per heavy atom. The quantitative estimate of drug-likeness (QED) is 0.420. The molecule has 10 heteroatoms. The number of hydrogen-bond acceptors (Lipinski definition) is 6. The molecule has 4 N–H and O–H groups in total. The number of aromatic amines is 1. The molecule has 2 heterocycles. The molecule has 0 spiro atoms. The van der Waals surface area contributed by atoms with Crippen molar-refractivity contribution >= 4 is 27.4 Å². The largest absolute Gasteiger partial charge is 0.416 e. The van der Waals surface area contributed by atoms with Crippen LogP contribution in [0.2, 0.25) is 0 Å². The number of aromatic nitrogens is 4. The highest BCUT2D eigenvalue weighted by molar-refractivity contribution is 7.18. The van der Waals surface area contributed by atoms with Crippen LogP contribution in [0.1, 0.15) is 16.8 Å². The van der Waals surface area contributed by atoms with Crippen molar-refractivity contribution < 1.29 is 13.2 Å². The highest BCUT2D eigenvalue weighted by Gasteiger charge is 2.29. The molecule has 2 aromatic carbocycles. The summed E-state index contributed by atoms with van der Waals surface area (Å²) in [4.78, 5) is 0. The summed E-state index contributed by atoms with van der Waals surface area (Å²) in [5.74, 6) is 0. The van der Waals surface area contributed by atoms with Crippen molar-refractivity contribution in [2.24, 2.45) is 5.73 Å². The van der Waals surface area contributed by atoms with E-state index in [2.05, 4.69) is 25.7 Å². The third kappa shape index (κ3) is 4.44. The van der Waals surface area contributed by atoms with E-state index in [1.54, 1.807) is 0 Å². The third-order valence-electron chi connectivity index (χ3n) is 4.72. The molecule has 4 aromatic rings. The van der Waals surface area contributed by atoms with E-state index >= 15 is 0 Å². The number of alkyl halides is 3. The maximum Gasteiger partial charge on any atom is 0.416 e. The lowest BCUT2D eigenvalue weighted by molar-refractivity contribution is -0.137. The molecule has 0 bridgehead atoms.